The van der Waals surface area contributed by atoms with Crippen LogP contribution in [0.4, 0.5) is 11.4 Å². The van der Waals surface area contributed by atoms with Crippen LogP contribution in [0, 0.1) is 0 Å². The van der Waals surface area contributed by atoms with Crippen molar-refractivity contribution in [1.29, 1.82) is 0 Å². The Morgan fingerprint density at radius 1 is 0.336 bits per heavy atom. The van der Waals surface area contributed by atoms with Gasteiger partial charge in [0.15, 0.2) is 0 Å². The fourth-order valence-electron chi connectivity index (χ4n) is 14.2. The molecule has 110 heavy (non-hydrogen) atoms. The lowest BCUT2D eigenvalue weighted by atomic mass is 9.80. The molecule has 0 spiro atoms. The van der Waals surface area contributed by atoms with Crippen molar-refractivity contribution >= 4 is 124 Å². The summed E-state index contributed by atoms with van der Waals surface area (Å²) in [5, 5.41) is 8.68. The van der Waals surface area contributed by atoms with Gasteiger partial charge in [-0.3, -0.25) is 48.5 Å². The average Bonchev–Trinajstić information content (AvgIpc) is 0.670. The zero-order valence-electron chi connectivity index (χ0n) is 58.5. The molecule has 2 aromatic heterocycles. The molecule has 0 aliphatic carbocycles. The number of hydrogen-bond acceptors (Lipinski definition) is 16. The number of para-hydroxylation sites is 4. The minimum atomic E-state index is -1.73. The summed E-state index contributed by atoms with van der Waals surface area (Å²) in [6.45, 7) is 10.4. The first-order valence-electron chi connectivity index (χ1n) is 34.8. The van der Waals surface area contributed by atoms with Crippen molar-refractivity contribution < 1.29 is 66.8 Å². The Labute approximate surface area is 625 Å². The summed E-state index contributed by atoms with van der Waals surface area (Å²) in [5.41, 5.74) is 1.69. The number of hydrogen-bond donors (Lipinski definition) is 2. The minimum absolute atomic E-state index is 0.00213. The van der Waals surface area contributed by atoms with E-state index in [1.165, 1.54) is 86.6 Å². The molecule has 2 N–H and O–H groups in total. The predicted molar refractivity (Wildman–Crippen MR) is 415 cm³/mol. The first-order valence-corrected chi connectivity index (χ1v) is 34.8. The first kappa shape index (κ1) is 68.0. The van der Waals surface area contributed by atoms with Crippen LogP contribution in [-0.2, 0) is 19.2 Å². The highest BCUT2D eigenvalue weighted by Crippen LogP contribution is 2.59. The third-order valence-electron chi connectivity index (χ3n) is 19.1. The number of nitrogens with zero attached hydrogens (tertiary/aromatic N) is 4. The summed E-state index contributed by atoms with van der Waals surface area (Å²) in [6, 6.07) is 66.8. The van der Waals surface area contributed by atoms with Crippen molar-refractivity contribution in [3.05, 3.63) is 325 Å². The molecule has 2 aliphatic rings. The summed E-state index contributed by atoms with van der Waals surface area (Å²) >= 11 is 0. The van der Waals surface area contributed by atoms with E-state index in [4.69, 9.17) is 28.4 Å². The van der Waals surface area contributed by atoms with Crippen molar-refractivity contribution in [3.63, 3.8) is 0 Å². The van der Waals surface area contributed by atoms with Gasteiger partial charge in [-0.1, -0.05) is 122 Å². The summed E-state index contributed by atoms with van der Waals surface area (Å²) in [4.78, 5) is 134. The van der Waals surface area contributed by atoms with Gasteiger partial charge in [0.25, 0.3) is 35.4 Å². The lowest BCUT2D eigenvalue weighted by molar-refractivity contribution is -0.130. The third kappa shape index (κ3) is 12.2. The third-order valence-corrected chi connectivity index (χ3v) is 19.1. The number of carbonyl (C=O) groups excluding carboxylic acids is 8. The van der Waals surface area contributed by atoms with Gasteiger partial charge < -0.3 is 39.1 Å². The van der Waals surface area contributed by atoms with Crippen molar-refractivity contribution in [2.24, 2.45) is 0 Å². The Morgan fingerprint density at radius 2 is 0.636 bits per heavy atom. The number of aromatic nitrogens is 2. The largest absolute Gasteiger partial charge is 0.457 e. The Hall–Kier alpha value is -15.2. The second-order valence-electron chi connectivity index (χ2n) is 26.4. The van der Waals surface area contributed by atoms with Gasteiger partial charge in [-0.2, -0.15) is 0 Å². The van der Waals surface area contributed by atoms with Crippen LogP contribution in [0.5, 0.6) is 57.5 Å². The van der Waals surface area contributed by atoms with Gasteiger partial charge in [-0.05, 0) is 171 Å². The zero-order chi connectivity index (χ0) is 75.6. The molecule has 0 bridgehead atoms. The van der Waals surface area contributed by atoms with E-state index >= 15 is 28.8 Å². The molecular formula is C90H58N6O14. The maximum Gasteiger partial charge on any atom is 0.338 e. The van der Waals surface area contributed by atoms with Gasteiger partial charge in [-0.15, -0.1) is 0 Å². The van der Waals surface area contributed by atoms with Crippen LogP contribution in [0.15, 0.2) is 291 Å². The number of pyridine rings is 2. The number of imide groups is 2. The number of ether oxygens (including phenoxy) is 6. The molecule has 13 aromatic carbocycles. The topological polar surface area (TPSA) is 248 Å². The molecule has 2 unspecified atom stereocenters. The van der Waals surface area contributed by atoms with E-state index in [2.05, 4.69) is 33.8 Å². The highest BCUT2D eigenvalue weighted by molar-refractivity contribution is 6.45. The number of anilines is 2. The van der Waals surface area contributed by atoms with Crippen molar-refractivity contribution in [1.82, 2.24) is 19.8 Å². The van der Waals surface area contributed by atoms with Crippen LogP contribution in [0.2, 0.25) is 0 Å². The van der Waals surface area contributed by atoms with Crippen molar-refractivity contribution in [3.8, 4) is 57.5 Å². The molecule has 2 aliphatic heterocycles. The van der Waals surface area contributed by atoms with E-state index in [0.29, 0.717) is 21.8 Å². The van der Waals surface area contributed by atoms with E-state index in [0.717, 1.165) is 9.80 Å². The van der Waals surface area contributed by atoms with Crippen LogP contribution in [0.25, 0.3) is 64.9 Å². The number of carbonyl (C=O) groups is 8. The smallest absolute Gasteiger partial charge is 0.338 e. The molecule has 2 atom stereocenters. The number of amides is 6. The zero-order valence-corrected chi connectivity index (χ0v) is 58.5. The molecule has 0 fully saturated rings. The lowest BCUT2D eigenvalue weighted by Crippen LogP contribution is -2.47. The van der Waals surface area contributed by atoms with Crippen LogP contribution in [-0.4, -0.2) is 67.1 Å². The molecular weight excluding hydrogens is 1390 g/mol. The molecule has 0 saturated heterocycles. The second-order valence-corrected chi connectivity index (χ2v) is 26.4. The molecule has 20 heteroatoms. The molecule has 4 heterocycles. The molecule has 15 aromatic rings. The van der Waals surface area contributed by atoms with Crippen LogP contribution in [0.3, 0.4) is 0 Å². The fourth-order valence-corrected chi connectivity index (χ4v) is 14.2. The van der Waals surface area contributed by atoms with Gasteiger partial charge >= 0.3 is 11.9 Å². The first-order chi connectivity index (χ1) is 53.5. The van der Waals surface area contributed by atoms with Gasteiger partial charge in [0, 0.05) is 88.8 Å². The maximum atomic E-state index is 16.7. The molecule has 17 rings (SSSR count). The summed E-state index contributed by atoms with van der Waals surface area (Å²) in [7, 11) is 0. The van der Waals surface area contributed by atoms with E-state index < -0.39 is 59.5 Å². The van der Waals surface area contributed by atoms with E-state index in [1.807, 2.05) is 12.1 Å². The fraction of sp³-hybridized carbons (Fsp3) is 0.0444. The monoisotopic (exact) mass is 1450 g/mol. The van der Waals surface area contributed by atoms with Crippen molar-refractivity contribution in [2.45, 2.75) is 25.9 Å². The van der Waals surface area contributed by atoms with E-state index in [-0.39, 0.29) is 156 Å². The van der Waals surface area contributed by atoms with Crippen LogP contribution in [0.1, 0.15) is 78.5 Å². The normalized spacial score (nSPS) is 13.0. The molecule has 0 saturated carbocycles. The Bertz CT molecular complexity index is 5820. The number of benzene rings is 13. The Morgan fingerprint density at radius 3 is 0.927 bits per heavy atom. The van der Waals surface area contributed by atoms with Gasteiger partial charge in [0.2, 0.25) is 0 Å². The second kappa shape index (κ2) is 27.7. The average molecular weight is 1450 g/mol. The van der Waals surface area contributed by atoms with Crippen LogP contribution >= 0.6 is 0 Å². The SMILES string of the molecule is C=C(C)C(=O)Oc1ccc(NC(=O)C(c2ccc3cccnc3c2)N2C(=O)c3cc(Oc4ccccc4)c4c5c(Oc6ccccc6)cc6c7c(cc(Oc8ccccc8)c(c8c(Oc9ccccc9)cc(c3c48)C2=O)c75)C(=O)N(C(C(=O)Nc2ccc(OC(=O)C(=C)C)cc2)c2ccc3cccnc3c2)C6=O)cc1. The quantitative estimate of drug-likeness (QED) is 0.0180. The van der Waals surface area contributed by atoms with Gasteiger partial charge in [-0.25, -0.2) is 9.59 Å². The van der Waals surface area contributed by atoms with Gasteiger partial charge in [0.1, 0.15) is 69.6 Å². The Kier molecular flexibility index (Phi) is 17.1. The van der Waals surface area contributed by atoms with Gasteiger partial charge in [0.05, 0.1) is 33.3 Å². The lowest BCUT2D eigenvalue weighted by Gasteiger charge is -2.36. The summed E-state index contributed by atoms with van der Waals surface area (Å²) < 4.78 is 39.6. The Balaban J connectivity index is 0.943. The highest BCUT2D eigenvalue weighted by Gasteiger charge is 2.47. The predicted octanol–water partition coefficient (Wildman–Crippen LogP) is 18.9. The van der Waals surface area contributed by atoms with E-state index in [1.54, 1.807) is 182 Å². The summed E-state index contributed by atoms with van der Waals surface area (Å²) in [5.74, 6) is -5.16. The van der Waals surface area contributed by atoms with Crippen LogP contribution < -0.4 is 39.1 Å². The standard InChI is InChI=1S/C90H58N6O14/c1-49(2)89(103)109-61-37-33-55(34-38-61)93-83(97)81(53-31-29-51-19-17-41-91-67(51)43-53)95-85(99)63-45-69(105-57-21-9-5-10-22-57)75-77-71(107-59-25-13-7-14-26-59)47-65-74-66(48-72(108-60-27-15-8-16-28-60)78(80(74)77)76-70(106-58-23-11-6-12-24-58)46-64(86(95)100)73(63)79(75)76)88(102)96(87(65)101)82(54-32-30-52-20-18-42-92-68(52)44-54)84(98)94-56-35-39-62(40-36-56)110-90(104)50(3)4/h5-48,81-82H,1,3H2,2,4H3,(H,93,97)(H,94,98). The molecule has 0 radical (unpaired) electrons. The number of nitrogens with one attached hydrogen (secondary N) is 2. The number of rotatable bonds is 20. The van der Waals surface area contributed by atoms with Crippen molar-refractivity contribution in [2.75, 3.05) is 10.6 Å². The molecule has 6 amide bonds. The minimum Gasteiger partial charge on any atom is -0.457 e. The number of fused-ring (bicyclic) bond motifs is 4. The molecule has 20 nitrogen and oxygen atoms in total. The maximum absolute atomic E-state index is 16.7. The highest BCUT2D eigenvalue weighted by atomic mass is 16.5. The van der Waals surface area contributed by atoms with E-state index in [9.17, 15) is 9.59 Å². The number of esters is 2. The summed E-state index contributed by atoms with van der Waals surface area (Å²) in [6.07, 6.45) is 3.17. The molecule has 532 valence electrons.